The van der Waals surface area contributed by atoms with Crippen LogP contribution in [0, 0.1) is 5.92 Å². The molecule has 2 fully saturated rings. The second-order valence-corrected chi connectivity index (χ2v) is 9.77. The lowest BCUT2D eigenvalue weighted by molar-refractivity contribution is -0.121. The predicted octanol–water partition coefficient (Wildman–Crippen LogP) is 2.70. The maximum Gasteiger partial charge on any atom is 0.251 e. The highest BCUT2D eigenvalue weighted by atomic mass is 16.2. The van der Waals surface area contributed by atoms with E-state index < -0.39 is 0 Å². The van der Waals surface area contributed by atoms with Crippen LogP contribution in [-0.2, 0) is 4.79 Å². The molecule has 9 heteroatoms. The summed E-state index contributed by atoms with van der Waals surface area (Å²) in [5.74, 6) is 1.90. The topological polar surface area (TPSA) is 112 Å². The number of benzene rings is 1. The molecule has 3 aromatic rings. The zero-order chi connectivity index (χ0) is 24.6. The number of fused-ring (bicyclic) bond motifs is 1. The molecule has 1 saturated heterocycles. The average Bonchev–Trinajstić information content (AvgIpc) is 3.62. The number of nitrogens with one attached hydrogen (secondary N) is 3. The quantitative estimate of drug-likeness (QED) is 0.484. The number of hydrogen-bond donors (Lipinski definition) is 3. The van der Waals surface area contributed by atoms with Crippen LogP contribution < -0.4 is 20.9 Å². The second kappa shape index (κ2) is 9.13. The van der Waals surface area contributed by atoms with E-state index in [0.717, 1.165) is 47.5 Å². The number of piperazine rings is 1. The number of carbonyl (C=O) groups is 2. The Kier molecular flexibility index (Phi) is 6.00. The summed E-state index contributed by atoms with van der Waals surface area (Å²) < 4.78 is 0. The lowest BCUT2D eigenvalue weighted by Gasteiger charge is -2.34. The van der Waals surface area contributed by atoms with Crippen molar-refractivity contribution in [3.63, 3.8) is 0 Å². The summed E-state index contributed by atoms with van der Waals surface area (Å²) in [6, 6.07) is 9.69. The van der Waals surface area contributed by atoms with E-state index in [2.05, 4.69) is 50.8 Å². The molecule has 2 amide bonds. The van der Waals surface area contributed by atoms with Crippen molar-refractivity contribution in [3.8, 4) is 0 Å². The Morgan fingerprint density at radius 3 is 2.80 bits per heavy atom. The molecule has 3 N–H and O–H groups in total. The average molecular weight is 474 g/mol. The molecule has 35 heavy (non-hydrogen) atoms. The fraction of sp³-hybridized carbons (Fsp3) is 0.423. The highest BCUT2D eigenvalue weighted by Crippen LogP contribution is 2.39. The molecule has 1 aliphatic heterocycles. The number of anilines is 2. The van der Waals surface area contributed by atoms with Gasteiger partial charge in [0.1, 0.15) is 18.0 Å². The highest BCUT2D eigenvalue weighted by Gasteiger charge is 2.48. The summed E-state index contributed by atoms with van der Waals surface area (Å²) in [4.78, 5) is 39.9. The van der Waals surface area contributed by atoms with E-state index in [1.165, 1.54) is 0 Å². The molecular formula is C26H31N7O2. The van der Waals surface area contributed by atoms with E-state index in [9.17, 15) is 9.59 Å². The first-order valence-electron chi connectivity index (χ1n) is 12.1. The van der Waals surface area contributed by atoms with Crippen molar-refractivity contribution in [1.82, 2.24) is 25.6 Å². The van der Waals surface area contributed by atoms with Gasteiger partial charge in [0.2, 0.25) is 5.91 Å². The standard InChI is InChI=1S/C26H31N7O2/c1-16(17(2)18-5-4-6-19-20(25(35)27-3)7-10-28-24(18)19)12-29-21-11-22(31-15-30-21)33-13-23(34)32-26(14-33)8-9-26/h4-7,10-11,15-17H,8-9,12-14H2,1-3H3,(H,27,35)(H,32,34)(H,29,30,31)/t16-,17?/m1/s1. The molecule has 5 rings (SSSR count). The molecule has 1 saturated carbocycles. The Morgan fingerprint density at radius 1 is 1.20 bits per heavy atom. The summed E-state index contributed by atoms with van der Waals surface area (Å²) in [6.07, 6.45) is 5.29. The fourth-order valence-electron chi connectivity index (χ4n) is 4.83. The molecule has 0 radical (unpaired) electrons. The minimum atomic E-state index is -0.115. The molecule has 1 aromatic carbocycles. The van der Waals surface area contributed by atoms with Gasteiger partial charge in [-0.2, -0.15) is 0 Å². The molecule has 1 aliphatic carbocycles. The first-order valence-corrected chi connectivity index (χ1v) is 12.1. The van der Waals surface area contributed by atoms with Crippen molar-refractivity contribution in [2.45, 2.75) is 38.1 Å². The number of rotatable bonds is 7. The van der Waals surface area contributed by atoms with Gasteiger partial charge in [-0.3, -0.25) is 14.6 Å². The van der Waals surface area contributed by atoms with Crippen LogP contribution in [-0.4, -0.2) is 59.0 Å². The number of amides is 2. The lowest BCUT2D eigenvalue weighted by Crippen LogP contribution is -2.56. The molecule has 3 heterocycles. The normalized spacial score (nSPS) is 18.1. The van der Waals surface area contributed by atoms with E-state index >= 15 is 0 Å². The summed E-state index contributed by atoms with van der Waals surface area (Å²) in [6.45, 7) is 6.18. The molecular weight excluding hydrogens is 442 g/mol. The van der Waals surface area contributed by atoms with Crippen LogP contribution in [0.15, 0.2) is 42.9 Å². The third-order valence-corrected chi connectivity index (χ3v) is 7.29. The molecule has 2 aromatic heterocycles. The molecule has 1 unspecified atom stereocenters. The minimum absolute atomic E-state index is 0.0487. The molecule has 182 valence electrons. The maximum absolute atomic E-state index is 12.3. The third-order valence-electron chi connectivity index (χ3n) is 7.29. The summed E-state index contributed by atoms with van der Waals surface area (Å²) in [5, 5.41) is 10.1. The number of aromatic nitrogens is 3. The van der Waals surface area contributed by atoms with Crippen LogP contribution in [0.3, 0.4) is 0 Å². The van der Waals surface area contributed by atoms with Crippen LogP contribution in [0.25, 0.3) is 10.9 Å². The van der Waals surface area contributed by atoms with Crippen LogP contribution in [0.4, 0.5) is 11.6 Å². The third kappa shape index (κ3) is 4.62. The largest absolute Gasteiger partial charge is 0.370 e. The first-order chi connectivity index (χ1) is 16.9. The molecule has 9 nitrogen and oxygen atoms in total. The number of pyridine rings is 1. The fourth-order valence-corrected chi connectivity index (χ4v) is 4.83. The monoisotopic (exact) mass is 473 g/mol. The van der Waals surface area contributed by atoms with Gasteiger partial charge in [-0.05, 0) is 36.3 Å². The SMILES string of the molecule is CNC(=O)c1ccnc2c(C(C)[C@H](C)CNc3cc(N4CC(=O)NC5(CC5)C4)ncn3)cccc12. The number of para-hydroxylation sites is 1. The summed E-state index contributed by atoms with van der Waals surface area (Å²) in [7, 11) is 1.64. The van der Waals surface area contributed by atoms with E-state index in [1.807, 2.05) is 23.1 Å². The van der Waals surface area contributed by atoms with Crippen molar-refractivity contribution in [2.75, 3.05) is 36.9 Å². The van der Waals surface area contributed by atoms with Crippen LogP contribution >= 0.6 is 0 Å². The first kappa shape index (κ1) is 23.0. The van der Waals surface area contributed by atoms with Gasteiger partial charge in [0.15, 0.2) is 0 Å². The Hall–Kier alpha value is -3.75. The van der Waals surface area contributed by atoms with Crippen molar-refractivity contribution >= 4 is 34.4 Å². The van der Waals surface area contributed by atoms with E-state index in [4.69, 9.17) is 0 Å². The molecule has 1 spiro atoms. The molecule has 2 aliphatic rings. The van der Waals surface area contributed by atoms with Gasteiger partial charge < -0.3 is 20.9 Å². The Labute approximate surface area is 204 Å². The van der Waals surface area contributed by atoms with E-state index in [-0.39, 0.29) is 29.2 Å². The van der Waals surface area contributed by atoms with Crippen molar-refractivity contribution in [2.24, 2.45) is 5.92 Å². The van der Waals surface area contributed by atoms with E-state index in [0.29, 0.717) is 18.7 Å². The van der Waals surface area contributed by atoms with Crippen molar-refractivity contribution in [3.05, 3.63) is 54.0 Å². The van der Waals surface area contributed by atoms with Gasteiger partial charge in [-0.25, -0.2) is 9.97 Å². The smallest absolute Gasteiger partial charge is 0.251 e. The summed E-state index contributed by atoms with van der Waals surface area (Å²) >= 11 is 0. The second-order valence-electron chi connectivity index (χ2n) is 9.77. The Balaban J connectivity index is 1.29. The van der Waals surface area contributed by atoms with Gasteiger partial charge in [0.05, 0.1) is 23.2 Å². The zero-order valence-electron chi connectivity index (χ0n) is 20.3. The van der Waals surface area contributed by atoms with Gasteiger partial charge in [-0.1, -0.05) is 32.0 Å². The van der Waals surface area contributed by atoms with Crippen LogP contribution in [0.1, 0.15) is 48.5 Å². The van der Waals surface area contributed by atoms with Crippen LogP contribution in [0.2, 0.25) is 0 Å². The van der Waals surface area contributed by atoms with Gasteiger partial charge in [0.25, 0.3) is 5.91 Å². The van der Waals surface area contributed by atoms with Crippen molar-refractivity contribution in [1.29, 1.82) is 0 Å². The van der Waals surface area contributed by atoms with E-state index in [1.54, 1.807) is 25.6 Å². The predicted molar refractivity (Wildman–Crippen MR) is 136 cm³/mol. The Bertz CT molecular complexity index is 1270. The van der Waals surface area contributed by atoms with Gasteiger partial charge >= 0.3 is 0 Å². The molecule has 2 atom stereocenters. The summed E-state index contributed by atoms with van der Waals surface area (Å²) in [5.41, 5.74) is 2.53. The zero-order valence-corrected chi connectivity index (χ0v) is 20.3. The number of hydrogen-bond acceptors (Lipinski definition) is 7. The highest BCUT2D eigenvalue weighted by molar-refractivity contribution is 6.06. The lowest BCUT2D eigenvalue weighted by atomic mass is 9.87. The van der Waals surface area contributed by atoms with Crippen LogP contribution in [0.5, 0.6) is 0 Å². The maximum atomic E-state index is 12.3. The van der Waals surface area contributed by atoms with Gasteiger partial charge in [-0.15, -0.1) is 0 Å². The van der Waals surface area contributed by atoms with Crippen molar-refractivity contribution < 1.29 is 9.59 Å². The minimum Gasteiger partial charge on any atom is -0.370 e. The molecule has 0 bridgehead atoms. The van der Waals surface area contributed by atoms with Gasteiger partial charge in [0, 0.05) is 37.8 Å². The number of carbonyl (C=O) groups excluding carboxylic acids is 2. The Morgan fingerprint density at radius 2 is 2.03 bits per heavy atom. The number of nitrogens with zero attached hydrogens (tertiary/aromatic N) is 4.